The van der Waals surface area contributed by atoms with Crippen LogP contribution in [0.25, 0.3) is 11.1 Å². The maximum atomic E-state index is 6.09. The Morgan fingerprint density at radius 1 is 1.25 bits per heavy atom. The second-order valence-electron chi connectivity index (χ2n) is 5.67. The molecule has 0 spiro atoms. The van der Waals surface area contributed by atoms with Crippen LogP contribution in [0.2, 0.25) is 0 Å². The molecule has 0 amide bonds. The van der Waals surface area contributed by atoms with Crippen molar-refractivity contribution < 1.29 is 0 Å². The van der Waals surface area contributed by atoms with Crippen molar-refractivity contribution in [2.75, 3.05) is 23.7 Å². The number of rotatable bonds is 2. The Bertz CT molecular complexity index is 581. The van der Waals surface area contributed by atoms with Crippen molar-refractivity contribution in [1.82, 2.24) is 9.36 Å². The number of pyridine rings is 1. The predicted octanol–water partition coefficient (Wildman–Crippen LogP) is 3.27. The maximum absolute atomic E-state index is 6.09. The van der Waals surface area contributed by atoms with Crippen LogP contribution in [-0.2, 0) is 0 Å². The number of hydrogen-bond donors (Lipinski definition) is 1. The monoisotopic (exact) mass is 288 g/mol. The zero-order valence-electron chi connectivity index (χ0n) is 11.9. The van der Waals surface area contributed by atoms with Gasteiger partial charge in [-0.1, -0.05) is 13.8 Å². The van der Waals surface area contributed by atoms with Crippen LogP contribution in [-0.4, -0.2) is 22.4 Å². The van der Waals surface area contributed by atoms with E-state index in [0.29, 0.717) is 11.7 Å². The van der Waals surface area contributed by atoms with Crippen LogP contribution in [0.1, 0.15) is 20.3 Å². The second kappa shape index (κ2) is 5.40. The number of nitrogen functional groups attached to an aromatic ring is 1. The lowest BCUT2D eigenvalue weighted by Crippen LogP contribution is -2.38. The molecule has 0 aromatic carbocycles. The quantitative estimate of drug-likeness (QED) is 0.921. The molecule has 0 saturated carbocycles. The van der Waals surface area contributed by atoms with Crippen LogP contribution in [0.4, 0.5) is 10.8 Å². The first-order valence-electron chi connectivity index (χ1n) is 7.07. The molecule has 0 aliphatic carbocycles. The first-order chi connectivity index (χ1) is 9.66. The van der Waals surface area contributed by atoms with E-state index in [4.69, 9.17) is 5.73 Å². The minimum absolute atomic E-state index is 0.627. The minimum Gasteiger partial charge on any atom is -0.382 e. The van der Waals surface area contributed by atoms with E-state index in [1.165, 1.54) is 23.0 Å². The molecule has 2 atom stereocenters. The Balaban J connectivity index is 1.96. The fourth-order valence-electron chi connectivity index (χ4n) is 2.75. The van der Waals surface area contributed by atoms with Gasteiger partial charge >= 0.3 is 0 Å². The lowest BCUT2D eigenvalue weighted by atomic mass is 9.88. The van der Waals surface area contributed by atoms with Gasteiger partial charge in [-0.25, -0.2) is 0 Å². The van der Waals surface area contributed by atoms with Crippen LogP contribution in [0.5, 0.6) is 0 Å². The zero-order chi connectivity index (χ0) is 14.1. The molecule has 2 unspecified atom stereocenters. The smallest absolute Gasteiger partial charge is 0.147 e. The molecule has 106 valence electrons. The largest absolute Gasteiger partial charge is 0.382 e. The average Bonchev–Trinajstić information content (AvgIpc) is 2.85. The summed E-state index contributed by atoms with van der Waals surface area (Å²) in [7, 11) is 0. The standard InChI is InChI=1S/C15H20N4S/c1-10-5-8-19(9-11(10)2)15-13(14(16)18-20-15)12-3-6-17-7-4-12/h3-4,6-7,10-11H,5,8-9H2,1-2H3,(H2,16,18). The predicted molar refractivity (Wildman–Crippen MR) is 84.9 cm³/mol. The van der Waals surface area contributed by atoms with E-state index in [0.717, 1.165) is 30.1 Å². The van der Waals surface area contributed by atoms with Crippen molar-refractivity contribution in [3.8, 4) is 11.1 Å². The number of piperidine rings is 1. The highest BCUT2D eigenvalue weighted by Crippen LogP contribution is 2.41. The number of nitrogens with two attached hydrogens (primary N) is 1. The summed E-state index contributed by atoms with van der Waals surface area (Å²) in [5, 5.41) is 1.20. The molecule has 1 saturated heterocycles. The summed E-state index contributed by atoms with van der Waals surface area (Å²) < 4.78 is 4.37. The summed E-state index contributed by atoms with van der Waals surface area (Å²) in [5.74, 6) is 2.13. The number of aromatic nitrogens is 2. The molecule has 1 aliphatic rings. The van der Waals surface area contributed by atoms with Crippen molar-refractivity contribution in [3.05, 3.63) is 24.5 Å². The van der Waals surface area contributed by atoms with E-state index in [9.17, 15) is 0 Å². The second-order valence-corrected chi connectivity index (χ2v) is 6.42. The van der Waals surface area contributed by atoms with Crippen molar-refractivity contribution in [2.45, 2.75) is 20.3 Å². The third-order valence-corrected chi connectivity index (χ3v) is 5.21. The van der Waals surface area contributed by atoms with Gasteiger partial charge in [-0.15, -0.1) is 0 Å². The fraction of sp³-hybridized carbons (Fsp3) is 0.467. The summed E-state index contributed by atoms with van der Waals surface area (Å²) >= 11 is 1.51. The van der Waals surface area contributed by atoms with Gasteiger partial charge < -0.3 is 10.6 Å². The van der Waals surface area contributed by atoms with Gasteiger partial charge in [0.15, 0.2) is 0 Å². The number of anilines is 2. The zero-order valence-corrected chi connectivity index (χ0v) is 12.7. The molecular formula is C15H20N4S. The Morgan fingerprint density at radius 2 is 2.00 bits per heavy atom. The van der Waals surface area contributed by atoms with E-state index in [1.807, 2.05) is 12.1 Å². The van der Waals surface area contributed by atoms with Crippen LogP contribution < -0.4 is 10.6 Å². The van der Waals surface area contributed by atoms with Gasteiger partial charge in [0.05, 0.1) is 5.56 Å². The average molecular weight is 288 g/mol. The summed E-state index contributed by atoms with van der Waals surface area (Å²) in [6.45, 7) is 6.84. The molecule has 1 fully saturated rings. The van der Waals surface area contributed by atoms with E-state index in [-0.39, 0.29) is 0 Å². The lowest BCUT2D eigenvalue weighted by Gasteiger charge is -2.36. The highest BCUT2D eigenvalue weighted by atomic mass is 32.1. The molecule has 3 heterocycles. The maximum Gasteiger partial charge on any atom is 0.147 e. The van der Waals surface area contributed by atoms with E-state index in [1.54, 1.807) is 12.4 Å². The van der Waals surface area contributed by atoms with Crippen molar-refractivity contribution in [2.24, 2.45) is 11.8 Å². The normalized spacial score (nSPS) is 23.0. The number of hydrogen-bond acceptors (Lipinski definition) is 5. The molecule has 0 radical (unpaired) electrons. The van der Waals surface area contributed by atoms with Gasteiger partial charge in [0.25, 0.3) is 0 Å². The van der Waals surface area contributed by atoms with Crippen LogP contribution in [0, 0.1) is 11.8 Å². The van der Waals surface area contributed by atoms with Crippen LogP contribution >= 0.6 is 11.5 Å². The number of nitrogens with zero attached hydrogens (tertiary/aromatic N) is 3. The summed E-state index contributed by atoms with van der Waals surface area (Å²) in [5.41, 5.74) is 8.27. The van der Waals surface area contributed by atoms with Gasteiger partial charge in [0.2, 0.25) is 0 Å². The Kier molecular flexibility index (Phi) is 3.61. The molecule has 3 rings (SSSR count). The van der Waals surface area contributed by atoms with Gasteiger partial charge in [0.1, 0.15) is 10.8 Å². The summed E-state index contributed by atoms with van der Waals surface area (Å²) in [6, 6.07) is 4.00. The van der Waals surface area contributed by atoms with Crippen molar-refractivity contribution in [1.29, 1.82) is 0 Å². The Morgan fingerprint density at radius 3 is 2.70 bits per heavy atom. The molecule has 0 bridgehead atoms. The van der Waals surface area contributed by atoms with Crippen LogP contribution in [0.15, 0.2) is 24.5 Å². The topological polar surface area (TPSA) is 55.0 Å². The third kappa shape index (κ3) is 2.38. The molecule has 2 aromatic heterocycles. The minimum atomic E-state index is 0.627. The Labute approximate surface area is 123 Å². The highest BCUT2D eigenvalue weighted by Gasteiger charge is 2.26. The highest BCUT2D eigenvalue weighted by molar-refractivity contribution is 7.11. The van der Waals surface area contributed by atoms with Crippen LogP contribution in [0.3, 0.4) is 0 Å². The summed E-state index contributed by atoms with van der Waals surface area (Å²) in [6.07, 6.45) is 4.84. The lowest BCUT2D eigenvalue weighted by molar-refractivity contribution is 0.325. The third-order valence-electron chi connectivity index (χ3n) is 4.29. The van der Waals surface area contributed by atoms with Gasteiger partial charge in [-0.3, -0.25) is 4.98 Å². The molecule has 1 aliphatic heterocycles. The van der Waals surface area contributed by atoms with Gasteiger partial charge in [-0.05, 0) is 47.5 Å². The van der Waals surface area contributed by atoms with E-state index < -0.39 is 0 Å². The first-order valence-corrected chi connectivity index (χ1v) is 7.84. The summed E-state index contributed by atoms with van der Waals surface area (Å²) in [4.78, 5) is 6.52. The molecule has 4 nitrogen and oxygen atoms in total. The SMILES string of the molecule is CC1CCN(c2snc(N)c2-c2ccncc2)CC1C. The molecule has 5 heteroatoms. The van der Waals surface area contributed by atoms with E-state index in [2.05, 4.69) is 28.1 Å². The Hall–Kier alpha value is -1.62. The fourth-order valence-corrected chi connectivity index (χ4v) is 3.62. The molecule has 2 N–H and O–H groups in total. The van der Waals surface area contributed by atoms with Gasteiger partial charge in [-0.2, -0.15) is 4.37 Å². The van der Waals surface area contributed by atoms with Crippen molar-refractivity contribution in [3.63, 3.8) is 0 Å². The molecule has 20 heavy (non-hydrogen) atoms. The van der Waals surface area contributed by atoms with Crippen molar-refractivity contribution >= 4 is 22.4 Å². The first kappa shape index (κ1) is 13.4. The molecular weight excluding hydrogens is 268 g/mol. The van der Waals surface area contributed by atoms with Gasteiger partial charge in [0, 0.05) is 25.5 Å². The molecule has 2 aromatic rings. The van der Waals surface area contributed by atoms with E-state index >= 15 is 0 Å².